The van der Waals surface area contributed by atoms with E-state index < -0.39 is 0 Å². The Bertz CT molecular complexity index is 545. The molecule has 1 heterocycles. The first-order valence-electron chi connectivity index (χ1n) is 5.89. The molecule has 1 aromatic carbocycles. The molecule has 94 valence electrons. The van der Waals surface area contributed by atoms with Gasteiger partial charge < -0.3 is 10.1 Å². The van der Waals surface area contributed by atoms with Crippen LogP contribution in [0.3, 0.4) is 0 Å². The first-order chi connectivity index (χ1) is 8.63. The van der Waals surface area contributed by atoms with Crippen LogP contribution in [-0.4, -0.2) is 18.9 Å². The van der Waals surface area contributed by atoms with Crippen molar-refractivity contribution in [1.82, 2.24) is 5.32 Å². The van der Waals surface area contributed by atoms with Crippen LogP contribution in [0.2, 0.25) is 0 Å². The van der Waals surface area contributed by atoms with E-state index in [0.29, 0.717) is 11.5 Å². The maximum atomic E-state index is 11.5. The Hall–Kier alpha value is -2.10. The molecule has 1 aromatic rings. The van der Waals surface area contributed by atoms with Gasteiger partial charge in [0.05, 0.1) is 7.11 Å². The van der Waals surface area contributed by atoms with E-state index in [4.69, 9.17) is 4.74 Å². The van der Waals surface area contributed by atoms with Gasteiger partial charge in [0.15, 0.2) is 0 Å². The monoisotopic (exact) mass is 244 g/mol. The third-order valence-corrected chi connectivity index (χ3v) is 2.80. The van der Waals surface area contributed by atoms with Crippen LogP contribution in [0.1, 0.15) is 25.0 Å². The quantitative estimate of drug-likeness (QED) is 0.828. The van der Waals surface area contributed by atoms with Crippen LogP contribution in [0.4, 0.5) is 0 Å². The Morgan fingerprint density at radius 2 is 2.22 bits per heavy atom. The van der Waals surface area contributed by atoms with Crippen LogP contribution in [0.25, 0.3) is 6.08 Å². The highest BCUT2D eigenvalue weighted by Crippen LogP contribution is 2.22. The lowest BCUT2D eigenvalue weighted by Gasteiger charge is -2.07. The minimum absolute atomic E-state index is 0.152. The van der Waals surface area contributed by atoms with Crippen LogP contribution in [0.5, 0.6) is 5.75 Å². The molecule has 4 nitrogen and oxygen atoms in total. The molecule has 1 amide bonds. The minimum atomic E-state index is -0.152. The van der Waals surface area contributed by atoms with Gasteiger partial charge >= 0.3 is 0 Å². The summed E-state index contributed by atoms with van der Waals surface area (Å²) in [5, 5.41) is 2.66. The number of nitrogens with zero attached hydrogens (tertiary/aromatic N) is 1. The van der Waals surface area contributed by atoms with Crippen LogP contribution in [-0.2, 0) is 11.2 Å². The molecule has 0 aliphatic carbocycles. The van der Waals surface area contributed by atoms with Gasteiger partial charge in [-0.3, -0.25) is 4.79 Å². The van der Waals surface area contributed by atoms with E-state index in [0.717, 1.165) is 23.3 Å². The van der Waals surface area contributed by atoms with Gasteiger partial charge in [-0.05, 0) is 42.7 Å². The fourth-order valence-corrected chi connectivity index (χ4v) is 1.91. The van der Waals surface area contributed by atoms with Crippen LogP contribution < -0.4 is 10.1 Å². The van der Waals surface area contributed by atoms with Gasteiger partial charge in [-0.2, -0.15) is 0 Å². The van der Waals surface area contributed by atoms with E-state index in [2.05, 4.69) is 17.2 Å². The molecule has 1 N–H and O–H groups in total. The van der Waals surface area contributed by atoms with Crippen molar-refractivity contribution in [1.29, 1.82) is 0 Å². The molecule has 0 atom stereocenters. The predicted molar refractivity (Wildman–Crippen MR) is 71.6 cm³/mol. The zero-order valence-electron chi connectivity index (χ0n) is 10.8. The molecule has 0 spiro atoms. The largest absolute Gasteiger partial charge is 0.496 e. The summed E-state index contributed by atoms with van der Waals surface area (Å²) in [7, 11) is 1.66. The second kappa shape index (κ2) is 5.04. The molecule has 0 aromatic heterocycles. The summed E-state index contributed by atoms with van der Waals surface area (Å²) in [6, 6.07) is 5.85. The number of aliphatic imine (C=N–C) groups is 1. The second-order valence-electron chi connectivity index (χ2n) is 4.11. The molecule has 0 radical (unpaired) electrons. The van der Waals surface area contributed by atoms with Gasteiger partial charge in [0.1, 0.15) is 17.3 Å². The number of nitrogens with one attached hydrogen (secondary N) is 1. The molecule has 1 aliphatic rings. The molecule has 4 heteroatoms. The van der Waals surface area contributed by atoms with Crippen molar-refractivity contribution in [3.8, 4) is 5.75 Å². The van der Waals surface area contributed by atoms with E-state index in [-0.39, 0.29) is 5.91 Å². The highest BCUT2D eigenvalue weighted by Gasteiger charge is 2.16. The van der Waals surface area contributed by atoms with E-state index in [1.807, 2.05) is 18.2 Å². The molecule has 0 bridgehead atoms. The van der Waals surface area contributed by atoms with Crippen LogP contribution in [0.15, 0.2) is 28.9 Å². The van der Waals surface area contributed by atoms with E-state index in [1.54, 1.807) is 20.1 Å². The fraction of sp³-hybridized carbons (Fsp3) is 0.286. The second-order valence-corrected chi connectivity index (χ2v) is 4.11. The topological polar surface area (TPSA) is 50.7 Å². The molecular formula is C14H16N2O2. The van der Waals surface area contributed by atoms with Crippen molar-refractivity contribution in [2.24, 2.45) is 4.99 Å². The number of methoxy groups -OCH3 is 1. The molecule has 0 saturated carbocycles. The zero-order chi connectivity index (χ0) is 13.1. The third-order valence-electron chi connectivity index (χ3n) is 2.80. The van der Waals surface area contributed by atoms with Crippen LogP contribution >= 0.6 is 0 Å². The highest BCUT2D eigenvalue weighted by molar-refractivity contribution is 6.13. The normalized spacial score (nSPS) is 16.7. The average molecular weight is 244 g/mol. The van der Waals surface area contributed by atoms with Crippen molar-refractivity contribution in [2.45, 2.75) is 20.3 Å². The predicted octanol–water partition coefficient (Wildman–Crippen LogP) is 2.15. The molecule has 0 fully saturated rings. The number of aryl methyl sites for hydroxylation is 1. The average Bonchev–Trinajstić information content (AvgIpc) is 2.67. The summed E-state index contributed by atoms with van der Waals surface area (Å²) < 4.78 is 5.27. The number of rotatable bonds is 3. The van der Waals surface area contributed by atoms with Crippen molar-refractivity contribution < 1.29 is 9.53 Å². The summed E-state index contributed by atoms with van der Waals surface area (Å²) in [5.74, 6) is 1.35. The molecular weight excluding hydrogens is 228 g/mol. The lowest BCUT2D eigenvalue weighted by atomic mass is 10.1. The summed E-state index contributed by atoms with van der Waals surface area (Å²) in [4.78, 5) is 15.7. The molecule has 1 aliphatic heterocycles. The lowest BCUT2D eigenvalue weighted by Crippen LogP contribution is -2.21. The van der Waals surface area contributed by atoms with Crippen molar-refractivity contribution >= 4 is 17.8 Å². The Labute approximate surface area is 106 Å². The maximum absolute atomic E-state index is 11.5. The van der Waals surface area contributed by atoms with E-state index >= 15 is 0 Å². The highest BCUT2D eigenvalue weighted by atomic mass is 16.5. The number of carbonyl (C=O) groups is 1. The third kappa shape index (κ3) is 2.42. The van der Waals surface area contributed by atoms with E-state index in [1.165, 1.54) is 0 Å². The number of amides is 1. The number of hydrogen-bond acceptors (Lipinski definition) is 3. The Balaban J connectivity index is 2.35. The molecule has 18 heavy (non-hydrogen) atoms. The Morgan fingerprint density at radius 3 is 2.78 bits per heavy atom. The number of benzene rings is 1. The van der Waals surface area contributed by atoms with Crippen molar-refractivity contribution in [3.05, 3.63) is 35.0 Å². The lowest BCUT2D eigenvalue weighted by molar-refractivity contribution is -0.115. The van der Waals surface area contributed by atoms with Gasteiger partial charge in [0.25, 0.3) is 5.91 Å². The number of amidine groups is 1. The number of carbonyl (C=O) groups excluding carboxylic acids is 1. The van der Waals surface area contributed by atoms with E-state index in [9.17, 15) is 4.79 Å². The maximum Gasteiger partial charge on any atom is 0.275 e. The smallest absolute Gasteiger partial charge is 0.275 e. The van der Waals surface area contributed by atoms with Gasteiger partial charge in [0.2, 0.25) is 0 Å². The summed E-state index contributed by atoms with van der Waals surface area (Å²) in [5.41, 5.74) is 2.52. The Kier molecular flexibility index (Phi) is 3.46. The summed E-state index contributed by atoms with van der Waals surface area (Å²) in [6.45, 7) is 3.84. The number of hydrogen-bond donors (Lipinski definition) is 1. The SMILES string of the molecule is CCc1cc(/C=C2/N=C(C)NC2=O)ccc1OC. The van der Waals surface area contributed by atoms with Gasteiger partial charge in [0, 0.05) is 0 Å². The molecule has 0 saturated heterocycles. The van der Waals surface area contributed by atoms with Gasteiger partial charge in [-0.1, -0.05) is 13.0 Å². The summed E-state index contributed by atoms with van der Waals surface area (Å²) in [6.07, 6.45) is 2.67. The summed E-state index contributed by atoms with van der Waals surface area (Å²) >= 11 is 0. The molecule has 2 rings (SSSR count). The van der Waals surface area contributed by atoms with Crippen molar-refractivity contribution in [2.75, 3.05) is 7.11 Å². The fourth-order valence-electron chi connectivity index (χ4n) is 1.91. The standard InChI is InChI=1S/C14H16N2O2/c1-4-11-7-10(5-6-13(11)18-3)8-12-14(17)16-9(2)15-12/h5-8H,4H2,1-3H3,(H,15,16,17)/b12-8+. The van der Waals surface area contributed by atoms with Gasteiger partial charge in [-0.15, -0.1) is 0 Å². The first kappa shape index (κ1) is 12.4. The zero-order valence-corrected chi connectivity index (χ0v) is 10.8. The Morgan fingerprint density at radius 1 is 1.44 bits per heavy atom. The number of ether oxygens (including phenoxy) is 1. The van der Waals surface area contributed by atoms with Gasteiger partial charge in [-0.25, -0.2) is 4.99 Å². The van der Waals surface area contributed by atoms with Crippen LogP contribution in [0, 0.1) is 0 Å². The van der Waals surface area contributed by atoms with Crippen molar-refractivity contribution in [3.63, 3.8) is 0 Å². The minimum Gasteiger partial charge on any atom is -0.496 e. The molecule has 0 unspecified atom stereocenters. The first-order valence-corrected chi connectivity index (χ1v) is 5.89.